The largest absolute Gasteiger partial charge is 0.496 e. The first-order valence-corrected chi connectivity index (χ1v) is 14.0. The Labute approximate surface area is 211 Å². The fraction of sp³-hybridized carbons (Fsp3) is 0.259. The predicted molar refractivity (Wildman–Crippen MR) is 135 cm³/mol. The molecule has 0 saturated heterocycles. The fourth-order valence-corrected chi connectivity index (χ4v) is 6.43. The highest BCUT2D eigenvalue weighted by Gasteiger charge is 2.44. The minimum absolute atomic E-state index is 0.00221. The first kappa shape index (κ1) is 19.7. The van der Waals surface area contributed by atoms with Crippen LogP contribution in [-0.4, -0.2) is 47.8 Å². The van der Waals surface area contributed by atoms with Crippen molar-refractivity contribution in [2.45, 2.75) is 18.5 Å². The minimum atomic E-state index is -3.03. The second-order valence-electron chi connectivity index (χ2n) is 9.54. The van der Waals surface area contributed by atoms with Crippen molar-refractivity contribution in [3.05, 3.63) is 77.1 Å². The molecular formula is C27H24F2N3O3P. The molecule has 2 atom stereocenters. The van der Waals surface area contributed by atoms with Gasteiger partial charge in [-0.05, 0) is 55.3 Å². The van der Waals surface area contributed by atoms with E-state index in [-0.39, 0.29) is 22.9 Å². The standard InChI is InChI=1S/C27H24F2N3O3P/c1-31-22-13-21(25-15(27(31)33)6-5-7-23(25)35-2)32-20-10-14(8-9-19(20)30-26(22)32)16-11-18(29)24(12-17(16)28)36(3,4)34/h5-12,21-22H,13H2,1-4H3/t21-,22+/m1/s1/i1D3. The SMILES string of the molecule is [2H]C([2H])([2H])N1C(=O)c2cccc(OC)c2[C@H]2C[C@H]1c1nc3ccc(-c4cc(F)c(P(C)(C)=O)cc4F)cc3n12. The van der Waals surface area contributed by atoms with Gasteiger partial charge in [0.05, 0.1) is 30.2 Å². The highest BCUT2D eigenvalue weighted by atomic mass is 31.2. The lowest BCUT2D eigenvalue weighted by Gasteiger charge is -2.24. The Kier molecular flexibility index (Phi) is 4.23. The summed E-state index contributed by atoms with van der Waals surface area (Å²) in [5.41, 5.74) is 2.24. The number of nitrogens with zero attached hydrogens (tertiary/aromatic N) is 3. The number of benzene rings is 3. The average Bonchev–Trinajstić information content (AvgIpc) is 3.36. The second kappa shape index (κ2) is 7.74. The van der Waals surface area contributed by atoms with E-state index in [0.717, 1.165) is 17.0 Å². The molecule has 0 fully saturated rings. The summed E-state index contributed by atoms with van der Waals surface area (Å²) in [5, 5.41) is -0.154. The van der Waals surface area contributed by atoms with Crippen LogP contribution in [0.4, 0.5) is 8.78 Å². The highest BCUT2D eigenvalue weighted by Crippen LogP contribution is 2.50. The fourth-order valence-electron chi connectivity index (χ4n) is 5.43. The molecule has 0 saturated carbocycles. The number of imidazole rings is 1. The maximum absolute atomic E-state index is 15.2. The quantitative estimate of drug-likeness (QED) is 0.348. The molecule has 0 unspecified atom stereocenters. The van der Waals surface area contributed by atoms with Gasteiger partial charge in [-0.3, -0.25) is 4.79 Å². The van der Waals surface area contributed by atoms with E-state index in [1.54, 1.807) is 36.4 Å². The number of fused-ring (bicyclic) bond motifs is 9. The van der Waals surface area contributed by atoms with Gasteiger partial charge in [0, 0.05) is 39.5 Å². The topological polar surface area (TPSA) is 64.4 Å². The summed E-state index contributed by atoms with van der Waals surface area (Å²) in [6.45, 7) is 0.0359. The molecule has 6 rings (SSSR count). The zero-order valence-corrected chi connectivity index (χ0v) is 20.6. The van der Waals surface area contributed by atoms with Crippen LogP contribution in [0, 0.1) is 11.6 Å². The van der Waals surface area contributed by atoms with Crippen molar-refractivity contribution in [2.24, 2.45) is 0 Å². The lowest BCUT2D eigenvalue weighted by Crippen LogP contribution is -2.30. The van der Waals surface area contributed by atoms with Crippen LogP contribution < -0.4 is 10.0 Å². The smallest absolute Gasteiger partial charge is 0.254 e. The normalized spacial score (nSPS) is 20.4. The van der Waals surface area contributed by atoms with Gasteiger partial charge in [0.1, 0.15) is 30.4 Å². The van der Waals surface area contributed by atoms with E-state index in [9.17, 15) is 13.8 Å². The third-order valence-corrected chi connectivity index (χ3v) is 8.58. The molecule has 3 aromatic carbocycles. The summed E-state index contributed by atoms with van der Waals surface area (Å²) in [6.07, 6.45) is 0.264. The van der Waals surface area contributed by atoms with Gasteiger partial charge in [0.25, 0.3) is 5.91 Å². The first-order valence-electron chi connectivity index (χ1n) is 12.9. The Balaban J connectivity index is 1.60. The van der Waals surface area contributed by atoms with E-state index in [0.29, 0.717) is 33.7 Å². The van der Waals surface area contributed by atoms with Gasteiger partial charge in [-0.15, -0.1) is 0 Å². The summed E-state index contributed by atoms with van der Waals surface area (Å²) in [7, 11) is -1.55. The van der Waals surface area contributed by atoms with Gasteiger partial charge in [-0.25, -0.2) is 13.8 Å². The number of rotatable bonds is 3. The van der Waals surface area contributed by atoms with Crippen molar-refractivity contribution in [1.82, 2.24) is 14.5 Å². The van der Waals surface area contributed by atoms with Gasteiger partial charge in [0.15, 0.2) is 0 Å². The molecule has 0 radical (unpaired) electrons. The molecule has 1 aromatic heterocycles. The Morgan fingerprint density at radius 1 is 1.08 bits per heavy atom. The zero-order chi connectivity index (χ0) is 28.0. The van der Waals surface area contributed by atoms with E-state index in [4.69, 9.17) is 13.8 Å². The van der Waals surface area contributed by atoms with Crippen LogP contribution in [0.3, 0.4) is 0 Å². The third kappa shape index (κ3) is 3.17. The monoisotopic (exact) mass is 510 g/mol. The van der Waals surface area contributed by atoms with E-state index in [2.05, 4.69) is 0 Å². The summed E-state index contributed by atoms with van der Waals surface area (Å²) in [5.74, 6) is -1.26. The molecule has 1 amide bonds. The molecule has 36 heavy (non-hydrogen) atoms. The molecule has 0 aliphatic carbocycles. The third-order valence-electron chi connectivity index (χ3n) is 7.08. The Hall–Kier alpha value is -3.51. The number of carbonyl (C=O) groups is 1. The number of hydrogen-bond donors (Lipinski definition) is 0. The maximum atomic E-state index is 15.2. The number of methoxy groups -OCH3 is 1. The molecule has 9 heteroatoms. The number of hydrogen-bond acceptors (Lipinski definition) is 4. The molecule has 184 valence electrons. The molecule has 3 heterocycles. The van der Waals surface area contributed by atoms with Crippen LogP contribution in [0.25, 0.3) is 22.2 Å². The molecular weight excluding hydrogens is 483 g/mol. The van der Waals surface area contributed by atoms with Crippen molar-refractivity contribution < 1.29 is 27.0 Å². The summed E-state index contributed by atoms with van der Waals surface area (Å²) in [6, 6.07) is 10.6. The second-order valence-corrected chi connectivity index (χ2v) is 12.7. The minimum Gasteiger partial charge on any atom is -0.496 e. The van der Waals surface area contributed by atoms with Crippen molar-refractivity contribution >= 4 is 29.4 Å². The summed E-state index contributed by atoms with van der Waals surface area (Å²) in [4.78, 5) is 19.1. The van der Waals surface area contributed by atoms with Gasteiger partial charge in [-0.1, -0.05) is 12.1 Å². The number of aromatic nitrogens is 2. The molecule has 0 spiro atoms. The zero-order valence-electron chi connectivity index (χ0n) is 22.8. The highest BCUT2D eigenvalue weighted by molar-refractivity contribution is 7.70. The van der Waals surface area contributed by atoms with Gasteiger partial charge >= 0.3 is 0 Å². The van der Waals surface area contributed by atoms with Crippen LogP contribution in [0.5, 0.6) is 5.75 Å². The van der Waals surface area contributed by atoms with Crippen LogP contribution in [0.15, 0.2) is 48.5 Å². The number of amides is 1. The Morgan fingerprint density at radius 2 is 1.89 bits per heavy atom. The van der Waals surface area contributed by atoms with E-state index in [1.165, 1.54) is 20.4 Å². The maximum Gasteiger partial charge on any atom is 0.254 e. The summed E-state index contributed by atoms with van der Waals surface area (Å²) >= 11 is 0. The molecule has 0 N–H and O–H groups in total. The summed E-state index contributed by atoms with van der Waals surface area (Å²) < 4.78 is 74.4. The molecule has 6 nitrogen and oxygen atoms in total. The number of carbonyl (C=O) groups excluding carboxylic acids is 1. The van der Waals surface area contributed by atoms with Crippen LogP contribution >= 0.6 is 7.14 Å². The van der Waals surface area contributed by atoms with Gasteiger partial charge in [-0.2, -0.15) is 0 Å². The molecule has 2 aliphatic rings. The van der Waals surface area contributed by atoms with Crippen molar-refractivity contribution in [1.29, 1.82) is 0 Å². The first-order chi connectivity index (χ1) is 18.3. The van der Waals surface area contributed by atoms with Crippen molar-refractivity contribution in [2.75, 3.05) is 27.4 Å². The van der Waals surface area contributed by atoms with Crippen molar-refractivity contribution in [3.8, 4) is 16.9 Å². The Bertz CT molecular complexity index is 1750. The Morgan fingerprint density at radius 3 is 2.61 bits per heavy atom. The van der Waals surface area contributed by atoms with Gasteiger partial charge in [0.2, 0.25) is 0 Å². The van der Waals surface area contributed by atoms with Crippen LogP contribution in [0.1, 0.15) is 44.4 Å². The number of ether oxygens (including phenoxy) is 1. The number of halogens is 2. The predicted octanol–water partition coefficient (Wildman–Crippen LogP) is 5.36. The van der Waals surface area contributed by atoms with E-state index in [1.807, 2.05) is 4.57 Å². The van der Waals surface area contributed by atoms with Gasteiger partial charge < -0.3 is 18.8 Å². The van der Waals surface area contributed by atoms with Crippen LogP contribution in [-0.2, 0) is 4.57 Å². The molecule has 4 aromatic rings. The van der Waals surface area contributed by atoms with Crippen LogP contribution in [0.2, 0.25) is 0 Å². The van der Waals surface area contributed by atoms with E-state index >= 15 is 4.39 Å². The average molecular weight is 510 g/mol. The van der Waals surface area contributed by atoms with Crippen molar-refractivity contribution in [3.63, 3.8) is 0 Å². The lowest BCUT2D eigenvalue weighted by molar-refractivity contribution is 0.0734. The lowest BCUT2D eigenvalue weighted by atomic mass is 9.97. The molecule has 2 bridgehead atoms. The molecule has 2 aliphatic heterocycles. The van der Waals surface area contributed by atoms with E-state index < -0.39 is 43.7 Å².